The van der Waals surface area contributed by atoms with Crippen LogP contribution in [0.3, 0.4) is 0 Å². The standard InChI is InChI=1S/C21H17ClN6O2/c22-19-17-16(25-12-26-19)15(11-24-17)18(29)21(30)28-9-7-27(8-10-28)20-14-4-2-1-3-13(14)5-6-23-20/h1-6,11-12,24H,7-10H2. The first-order valence-electron chi connectivity index (χ1n) is 9.53. The highest BCUT2D eigenvalue weighted by molar-refractivity contribution is 6.45. The first-order chi connectivity index (χ1) is 14.6. The van der Waals surface area contributed by atoms with Gasteiger partial charge in [0.05, 0.1) is 5.56 Å². The quantitative estimate of drug-likeness (QED) is 0.311. The molecule has 5 rings (SSSR count). The Bertz CT molecular complexity index is 1270. The lowest BCUT2D eigenvalue weighted by atomic mass is 10.1. The van der Waals surface area contributed by atoms with Crippen LogP contribution in [0, 0.1) is 0 Å². The van der Waals surface area contributed by atoms with E-state index in [0.717, 1.165) is 16.6 Å². The van der Waals surface area contributed by atoms with Crippen molar-refractivity contribution in [3.8, 4) is 0 Å². The molecule has 8 nitrogen and oxygen atoms in total. The maximum atomic E-state index is 12.8. The average Bonchev–Trinajstić information content (AvgIpc) is 3.23. The summed E-state index contributed by atoms with van der Waals surface area (Å²) in [5.41, 5.74) is 1.01. The van der Waals surface area contributed by atoms with Crippen molar-refractivity contribution in [2.75, 3.05) is 31.1 Å². The molecule has 30 heavy (non-hydrogen) atoms. The van der Waals surface area contributed by atoms with Crippen LogP contribution < -0.4 is 4.90 Å². The molecular weight excluding hydrogens is 404 g/mol. The van der Waals surface area contributed by atoms with E-state index in [9.17, 15) is 9.59 Å². The van der Waals surface area contributed by atoms with E-state index in [1.807, 2.05) is 24.3 Å². The van der Waals surface area contributed by atoms with E-state index >= 15 is 0 Å². The van der Waals surface area contributed by atoms with Crippen LogP contribution >= 0.6 is 11.6 Å². The van der Waals surface area contributed by atoms with Crippen molar-refractivity contribution < 1.29 is 9.59 Å². The summed E-state index contributed by atoms with van der Waals surface area (Å²) in [6, 6.07) is 10.1. The van der Waals surface area contributed by atoms with Gasteiger partial charge >= 0.3 is 0 Å². The third-order valence-corrected chi connectivity index (χ3v) is 5.66. The molecule has 1 N–H and O–H groups in total. The summed E-state index contributed by atoms with van der Waals surface area (Å²) >= 11 is 6.02. The molecule has 0 bridgehead atoms. The molecule has 3 aromatic heterocycles. The highest BCUT2D eigenvalue weighted by Crippen LogP contribution is 2.26. The molecule has 1 aliphatic heterocycles. The Hall–Kier alpha value is -3.52. The fourth-order valence-electron chi connectivity index (χ4n) is 3.82. The van der Waals surface area contributed by atoms with E-state index in [2.05, 4.69) is 30.9 Å². The number of amides is 1. The number of aromatic nitrogens is 4. The normalized spacial score (nSPS) is 14.4. The van der Waals surface area contributed by atoms with Gasteiger partial charge in [-0.25, -0.2) is 15.0 Å². The van der Waals surface area contributed by atoms with Crippen LogP contribution in [-0.4, -0.2) is 62.7 Å². The van der Waals surface area contributed by atoms with E-state index in [0.29, 0.717) is 37.2 Å². The zero-order chi connectivity index (χ0) is 20.7. The van der Waals surface area contributed by atoms with Gasteiger partial charge in [-0.05, 0) is 11.5 Å². The molecular formula is C21H17ClN6O2. The minimum Gasteiger partial charge on any atom is -0.357 e. The number of halogens is 1. The second-order valence-corrected chi connectivity index (χ2v) is 7.41. The Morgan fingerprint density at radius 1 is 1.00 bits per heavy atom. The monoisotopic (exact) mass is 420 g/mol. The van der Waals surface area contributed by atoms with Crippen molar-refractivity contribution in [1.82, 2.24) is 24.8 Å². The van der Waals surface area contributed by atoms with Gasteiger partial charge in [-0.1, -0.05) is 35.9 Å². The van der Waals surface area contributed by atoms with Crippen molar-refractivity contribution in [2.24, 2.45) is 0 Å². The van der Waals surface area contributed by atoms with Gasteiger partial charge in [0.15, 0.2) is 5.15 Å². The number of nitrogens with one attached hydrogen (secondary N) is 1. The summed E-state index contributed by atoms with van der Waals surface area (Å²) in [5, 5.41) is 2.41. The summed E-state index contributed by atoms with van der Waals surface area (Å²) in [5.74, 6) is -0.251. The zero-order valence-electron chi connectivity index (χ0n) is 15.9. The van der Waals surface area contributed by atoms with Crippen LogP contribution in [0.5, 0.6) is 0 Å². The lowest BCUT2D eigenvalue weighted by molar-refractivity contribution is -0.126. The number of carbonyl (C=O) groups is 2. The maximum absolute atomic E-state index is 12.8. The molecule has 1 aliphatic rings. The van der Waals surface area contributed by atoms with Crippen LogP contribution in [0.2, 0.25) is 5.15 Å². The molecule has 9 heteroatoms. The van der Waals surface area contributed by atoms with Crippen molar-refractivity contribution in [3.63, 3.8) is 0 Å². The Morgan fingerprint density at radius 2 is 1.80 bits per heavy atom. The predicted molar refractivity (Wildman–Crippen MR) is 114 cm³/mol. The number of carbonyl (C=O) groups excluding carboxylic acids is 2. The molecule has 0 aliphatic carbocycles. The summed E-state index contributed by atoms with van der Waals surface area (Å²) in [7, 11) is 0. The SMILES string of the molecule is O=C(C(=O)N1CCN(c2nccc3ccccc23)CC1)c1c[nH]c2c(Cl)ncnc12. The fraction of sp³-hybridized carbons (Fsp3) is 0.190. The number of pyridine rings is 1. The van der Waals surface area contributed by atoms with Gasteiger partial charge in [0.1, 0.15) is 23.2 Å². The van der Waals surface area contributed by atoms with Crippen LogP contribution in [0.15, 0.2) is 49.1 Å². The van der Waals surface area contributed by atoms with Crippen molar-refractivity contribution >= 4 is 50.9 Å². The average molecular weight is 421 g/mol. The third-order valence-electron chi connectivity index (χ3n) is 5.37. The topological polar surface area (TPSA) is 95.1 Å². The number of rotatable bonds is 3. The minimum absolute atomic E-state index is 0.206. The number of benzene rings is 1. The molecule has 0 unspecified atom stereocenters. The first-order valence-corrected chi connectivity index (χ1v) is 9.91. The molecule has 4 aromatic rings. The largest absolute Gasteiger partial charge is 0.357 e. The van der Waals surface area contributed by atoms with Crippen LogP contribution in [0.1, 0.15) is 10.4 Å². The third kappa shape index (κ3) is 3.05. The lowest BCUT2D eigenvalue weighted by Gasteiger charge is -2.35. The van der Waals surface area contributed by atoms with Crippen LogP contribution in [0.4, 0.5) is 5.82 Å². The summed E-state index contributed by atoms with van der Waals surface area (Å²) < 4.78 is 0. The van der Waals surface area contributed by atoms with Crippen LogP contribution in [0.25, 0.3) is 21.8 Å². The highest BCUT2D eigenvalue weighted by Gasteiger charge is 2.29. The molecule has 0 atom stereocenters. The first kappa shape index (κ1) is 18.5. The van der Waals surface area contributed by atoms with Gasteiger partial charge in [0.2, 0.25) is 0 Å². The Labute approximate surface area is 176 Å². The van der Waals surface area contributed by atoms with Gasteiger partial charge in [-0.3, -0.25) is 9.59 Å². The molecule has 4 heterocycles. The number of hydrogen-bond acceptors (Lipinski definition) is 6. The lowest BCUT2D eigenvalue weighted by Crippen LogP contribution is -2.50. The van der Waals surface area contributed by atoms with Gasteiger partial charge in [0, 0.05) is 44.0 Å². The van der Waals surface area contributed by atoms with Crippen LogP contribution in [-0.2, 0) is 4.79 Å². The molecule has 1 saturated heterocycles. The van der Waals surface area contributed by atoms with E-state index in [-0.39, 0.29) is 10.7 Å². The minimum atomic E-state index is -0.604. The summed E-state index contributed by atoms with van der Waals surface area (Å²) in [6.07, 6.45) is 4.53. The molecule has 1 fully saturated rings. The zero-order valence-corrected chi connectivity index (χ0v) is 16.6. The maximum Gasteiger partial charge on any atom is 0.295 e. The second kappa shape index (κ2) is 7.38. The molecule has 0 radical (unpaired) electrons. The number of fused-ring (bicyclic) bond motifs is 2. The van der Waals surface area contributed by atoms with Crippen molar-refractivity contribution in [3.05, 3.63) is 59.8 Å². The fourth-order valence-corrected chi connectivity index (χ4v) is 4.01. The van der Waals surface area contributed by atoms with Gasteiger partial charge in [-0.15, -0.1) is 0 Å². The van der Waals surface area contributed by atoms with E-state index in [1.54, 1.807) is 11.1 Å². The van der Waals surface area contributed by atoms with E-state index in [4.69, 9.17) is 11.6 Å². The molecule has 1 aromatic carbocycles. The molecule has 1 amide bonds. The van der Waals surface area contributed by atoms with Crippen molar-refractivity contribution in [2.45, 2.75) is 0 Å². The van der Waals surface area contributed by atoms with Gasteiger partial charge in [-0.2, -0.15) is 0 Å². The Balaban J connectivity index is 1.33. The molecule has 150 valence electrons. The number of H-pyrrole nitrogens is 1. The highest BCUT2D eigenvalue weighted by atomic mass is 35.5. The number of piperazine rings is 1. The van der Waals surface area contributed by atoms with E-state index in [1.165, 1.54) is 12.5 Å². The smallest absolute Gasteiger partial charge is 0.295 e. The van der Waals surface area contributed by atoms with E-state index < -0.39 is 11.7 Å². The Morgan fingerprint density at radius 3 is 2.63 bits per heavy atom. The Kier molecular flexibility index (Phi) is 4.55. The number of aromatic amines is 1. The van der Waals surface area contributed by atoms with Crippen molar-refractivity contribution in [1.29, 1.82) is 0 Å². The summed E-state index contributed by atoms with van der Waals surface area (Å²) in [4.78, 5) is 44.8. The summed E-state index contributed by atoms with van der Waals surface area (Å²) in [6.45, 7) is 2.07. The molecule has 0 spiro atoms. The number of hydrogen-bond donors (Lipinski definition) is 1. The van der Waals surface area contributed by atoms with Gasteiger partial charge < -0.3 is 14.8 Å². The number of ketones is 1. The van der Waals surface area contributed by atoms with Gasteiger partial charge in [0.25, 0.3) is 11.7 Å². The number of Topliss-reactive ketones (excluding diaryl/α,β-unsaturated/α-hetero) is 1. The number of anilines is 1. The predicted octanol–water partition coefficient (Wildman–Crippen LogP) is 2.69. The second-order valence-electron chi connectivity index (χ2n) is 7.05. The number of nitrogens with zero attached hydrogens (tertiary/aromatic N) is 5. The molecule has 0 saturated carbocycles.